The number of likely N-dealkylation sites (tertiary alicyclic amines) is 1. The zero-order chi connectivity index (χ0) is 15.9. The number of nitrogens with zero attached hydrogens (tertiary/aromatic N) is 1. The van der Waals surface area contributed by atoms with Gasteiger partial charge in [0.25, 0.3) is 5.91 Å². The fourth-order valence-corrected chi connectivity index (χ4v) is 2.98. The lowest BCUT2D eigenvalue weighted by Crippen LogP contribution is -3.17. The van der Waals surface area contributed by atoms with Crippen LogP contribution in [0.2, 0.25) is 0 Å². The highest BCUT2D eigenvalue weighted by Crippen LogP contribution is 2.15. The van der Waals surface area contributed by atoms with Crippen LogP contribution in [0.4, 0.5) is 0 Å². The monoisotopic (exact) mass is 340 g/mol. The second kappa shape index (κ2) is 9.78. The highest BCUT2D eigenvalue weighted by atomic mass is 35.5. The molecule has 1 N–H and O–H groups in total. The van der Waals surface area contributed by atoms with E-state index in [1.165, 1.54) is 24.2 Å². The van der Waals surface area contributed by atoms with E-state index >= 15 is 0 Å². The van der Waals surface area contributed by atoms with Gasteiger partial charge in [0, 0.05) is 7.05 Å². The first-order chi connectivity index (χ1) is 10.6. The smallest absolute Gasteiger partial charge is 0.277 e. The van der Waals surface area contributed by atoms with E-state index in [1.807, 2.05) is 38.2 Å². The first-order valence-corrected chi connectivity index (χ1v) is 8.35. The van der Waals surface area contributed by atoms with E-state index in [9.17, 15) is 4.79 Å². The number of amides is 1. The minimum absolute atomic E-state index is 0. The van der Waals surface area contributed by atoms with Crippen LogP contribution in [0.5, 0.6) is 5.75 Å². The predicted octanol–water partition coefficient (Wildman–Crippen LogP) is -1.71. The average Bonchev–Trinajstić information content (AvgIpc) is 2.51. The van der Waals surface area contributed by atoms with E-state index in [0.717, 1.165) is 17.9 Å². The summed E-state index contributed by atoms with van der Waals surface area (Å²) in [6.45, 7) is 7.20. The number of carbonyl (C=O) groups excluding carboxylic acids is 1. The molecule has 23 heavy (non-hydrogen) atoms. The van der Waals surface area contributed by atoms with Crippen molar-refractivity contribution in [1.29, 1.82) is 0 Å². The molecule has 2 rings (SSSR count). The van der Waals surface area contributed by atoms with Crippen LogP contribution in [-0.4, -0.2) is 50.1 Å². The number of halogens is 1. The van der Waals surface area contributed by atoms with Gasteiger partial charge in [0.15, 0.2) is 6.54 Å². The maximum absolute atomic E-state index is 12.3. The number of benzene rings is 1. The normalized spacial score (nSPS) is 20.5. The molecule has 0 aliphatic carbocycles. The minimum atomic E-state index is 0. The molecule has 5 heteroatoms. The zero-order valence-electron chi connectivity index (χ0n) is 14.5. The standard InChI is InChI=1S/C18H28N2O2.ClH/c1-15-8-4-5-10-17(15)22-13-12-19(3)18(21)14-20-11-7-6-9-16(20)2;/h4-5,8,10,16H,6-7,9,11-14H2,1-3H3;1H. The van der Waals surface area contributed by atoms with Crippen LogP contribution in [0, 0.1) is 6.92 Å². The van der Waals surface area contributed by atoms with Crippen LogP contribution < -0.4 is 22.0 Å². The molecule has 0 aromatic heterocycles. The zero-order valence-corrected chi connectivity index (χ0v) is 15.2. The molecule has 1 fully saturated rings. The third kappa shape index (κ3) is 6.04. The average molecular weight is 341 g/mol. The second-order valence-electron chi connectivity index (χ2n) is 6.41. The van der Waals surface area contributed by atoms with Crippen molar-refractivity contribution < 1.29 is 26.8 Å². The maximum Gasteiger partial charge on any atom is 0.277 e. The number of hydrogen-bond donors (Lipinski definition) is 1. The minimum Gasteiger partial charge on any atom is -1.00 e. The van der Waals surface area contributed by atoms with Gasteiger partial charge in [0.2, 0.25) is 0 Å². The third-order valence-electron chi connectivity index (χ3n) is 4.66. The number of quaternary nitrogens is 1. The molecule has 1 saturated heterocycles. The number of para-hydroxylation sites is 1. The quantitative estimate of drug-likeness (QED) is 0.669. The summed E-state index contributed by atoms with van der Waals surface area (Å²) in [4.78, 5) is 15.5. The Morgan fingerprint density at radius 3 is 2.78 bits per heavy atom. The first-order valence-electron chi connectivity index (χ1n) is 8.35. The van der Waals surface area contributed by atoms with Crippen LogP contribution in [0.15, 0.2) is 24.3 Å². The molecular formula is C18H29ClN2O2. The highest BCUT2D eigenvalue weighted by molar-refractivity contribution is 5.76. The number of carbonyl (C=O) groups is 1. The molecule has 1 aromatic rings. The van der Waals surface area contributed by atoms with Crippen molar-refractivity contribution in [2.45, 2.75) is 39.2 Å². The SMILES string of the molecule is Cc1ccccc1OCCN(C)C(=O)C[NH+]1CCCCC1C.[Cl-]. The van der Waals surface area contributed by atoms with Crippen LogP contribution in [0.1, 0.15) is 31.7 Å². The van der Waals surface area contributed by atoms with E-state index in [4.69, 9.17) is 4.74 Å². The van der Waals surface area contributed by atoms with Gasteiger partial charge in [-0.2, -0.15) is 0 Å². The van der Waals surface area contributed by atoms with Gasteiger partial charge in [-0.15, -0.1) is 0 Å². The lowest BCUT2D eigenvalue weighted by atomic mass is 10.0. The summed E-state index contributed by atoms with van der Waals surface area (Å²) in [5.74, 6) is 1.12. The van der Waals surface area contributed by atoms with Crippen molar-refractivity contribution in [2.24, 2.45) is 0 Å². The summed E-state index contributed by atoms with van der Waals surface area (Å²) >= 11 is 0. The van der Waals surface area contributed by atoms with Gasteiger partial charge in [-0.1, -0.05) is 18.2 Å². The summed E-state index contributed by atoms with van der Waals surface area (Å²) in [6.07, 6.45) is 3.79. The summed E-state index contributed by atoms with van der Waals surface area (Å²) < 4.78 is 5.77. The number of likely N-dealkylation sites (N-methyl/N-ethyl adjacent to an activating group) is 1. The predicted molar refractivity (Wildman–Crippen MR) is 88.3 cm³/mol. The number of ether oxygens (including phenoxy) is 1. The van der Waals surface area contributed by atoms with E-state index in [1.54, 1.807) is 4.90 Å². The molecule has 0 saturated carbocycles. The van der Waals surface area contributed by atoms with Gasteiger partial charge in [0.05, 0.1) is 19.1 Å². The Labute approximate surface area is 146 Å². The maximum atomic E-state index is 12.3. The van der Waals surface area contributed by atoms with Crippen molar-refractivity contribution >= 4 is 5.91 Å². The molecule has 0 bridgehead atoms. The molecular weight excluding hydrogens is 312 g/mol. The Morgan fingerprint density at radius 1 is 1.35 bits per heavy atom. The molecule has 0 radical (unpaired) electrons. The van der Waals surface area contributed by atoms with Gasteiger partial charge in [-0.25, -0.2) is 0 Å². The molecule has 1 heterocycles. The van der Waals surface area contributed by atoms with Crippen molar-refractivity contribution in [3.8, 4) is 5.75 Å². The molecule has 2 atom stereocenters. The third-order valence-corrected chi connectivity index (χ3v) is 4.66. The van der Waals surface area contributed by atoms with Gasteiger partial charge >= 0.3 is 0 Å². The lowest BCUT2D eigenvalue weighted by Gasteiger charge is -2.30. The largest absolute Gasteiger partial charge is 1.00 e. The van der Waals surface area contributed by atoms with E-state index < -0.39 is 0 Å². The summed E-state index contributed by atoms with van der Waals surface area (Å²) in [5.41, 5.74) is 1.13. The fourth-order valence-electron chi connectivity index (χ4n) is 2.98. The Morgan fingerprint density at radius 2 is 2.09 bits per heavy atom. The van der Waals surface area contributed by atoms with Gasteiger partial charge in [-0.3, -0.25) is 4.79 Å². The Balaban J connectivity index is 0.00000264. The number of hydrogen-bond acceptors (Lipinski definition) is 2. The molecule has 1 aliphatic rings. The van der Waals surface area contributed by atoms with Gasteiger partial charge in [-0.05, 0) is 44.7 Å². The number of rotatable bonds is 6. The first kappa shape index (κ1) is 19.8. The molecule has 0 spiro atoms. The summed E-state index contributed by atoms with van der Waals surface area (Å²) in [7, 11) is 1.87. The Hall–Kier alpha value is -1.26. The van der Waals surface area contributed by atoms with Crippen LogP contribution >= 0.6 is 0 Å². The molecule has 1 amide bonds. The topological polar surface area (TPSA) is 34.0 Å². The fraction of sp³-hybridized carbons (Fsp3) is 0.611. The number of aryl methyl sites for hydroxylation is 1. The molecule has 1 aliphatic heterocycles. The van der Waals surface area contributed by atoms with E-state index in [2.05, 4.69) is 6.92 Å². The Bertz CT molecular complexity index is 496. The summed E-state index contributed by atoms with van der Waals surface area (Å²) in [6, 6.07) is 8.58. The van der Waals surface area contributed by atoms with Crippen LogP contribution in [0.25, 0.3) is 0 Å². The number of piperidine rings is 1. The molecule has 1 aromatic carbocycles. The van der Waals surface area contributed by atoms with E-state index in [-0.39, 0.29) is 18.3 Å². The second-order valence-corrected chi connectivity index (χ2v) is 6.41. The van der Waals surface area contributed by atoms with Crippen molar-refractivity contribution in [3.63, 3.8) is 0 Å². The summed E-state index contributed by atoms with van der Waals surface area (Å²) in [5, 5.41) is 0. The number of nitrogens with one attached hydrogen (secondary N) is 1. The van der Waals surface area contributed by atoms with Crippen molar-refractivity contribution in [2.75, 3.05) is 33.3 Å². The van der Waals surface area contributed by atoms with E-state index in [0.29, 0.717) is 25.7 Å². The van der Waals surface area contributed by atoms with Crippen LogP contribution in [0.3, 0.4) is 0 Å². The van der Waals surface area contributed by atoms with Crippen molar-refractivity contribution in [3.05, 3.63) is 29.8 Å². The molecule has 2 unspecified atom stereocenters. The van der Waals surface area contributed by atoms with Gasteiger partial charge in [0.1, 0.15) is 12.4 Å². The van der Waals surface area contributed by atoms with Crippen molar-refractivity contribution in [1.82, 2.24) is 4.90 Å². The lowest BCUT2D eigenvalue weighted by molar-refractivity contribution is -0.921. The van der Waals surface area contributed by atoms with Gasteiger partial charge < -0.3 is 26.9 Å². The Kier molecular flexibility index (Phi) is 8.42. The molecule has 130 valence electrons. The molecule has 4 nitrogen and oxygen atoms in total. The van der Waals surface area contributed by atoms with Crippen LogP contribution in [-0.2, 0) is 4.79 Å². The highest BCUT2D eigenvalue weighted by Gasteiger charge is 2.25.